The number of hydrogen-bond donors (Lipinski definition) is 2. The molecule has 110 valence electrons. The van der Waals surface area contributed by atoms with E-state index in [1.165, 1.54) is 0 Å². The molecule has 0 aliphatic heterocycles. The summed E-state index contributed by atoms with van der Waals surface area (Å²) in [6.07, 6.45) is 4.37. The number of anilines is 1. The molecule has 0 heterocycles. The van der Waals surface area contributed by atoms with Crippen LogP contribution in [-0.4, -0.2) is 11.9 Å². The Morgan fingerprint density at radius 3 is 2.45 bits per heavy atom. The molecule has 1 aliphatic rings. The average Bonchev–Trinajstić information content (AvgIpc) is 2.58. The summed E-state index contributed by atoms with van der Waals surface area (Å²) in [5, 5.41) is 2.34. The van der Waals surface area contributed by atoms with E-state index in [4.69, 9.17) is 5.73 Å². The zero-order chi connectivity index (χ0) is 14.7. The lowest BCUT2D eigenvalue weighted by molar-refractivity contribution is -0.120. The summed E-state index contributed by atoms with van der Waals surface area (Å²) in [5.41, 5.74) is 5.57. The molecule has 1 aliphatic carbocycles. The van der Waals surface area contributed by atoms with Crippen molar-refractivity contribution < 1.29 is 13.6 Å². The van der Waals surface area contributed by atoms with E-state index in [0.29, 0.717) is 6.42 Å². The third-order valence-corrected chi connectivity index (χ3v) is 4.12. The van der Waals surface area contributed by atoms with Crippen molar-refractivity contribution in [3.63, 3.8) is 0 Å². The van der Waals surface area contributed by atoms with Crippen molar-refractivity contribution in [2.24, 2.45) is 11.7 Å². The monoisotopic (exact) mass is 346 g/mol. The first-order chi connectivity index (χ1) is 9.49. The summed E-state index contributed by atoms with van der Waals surface area (Å²) >= 11 is 3.00. The quantitative estimate of drug-likeness (QED) is 0.804. The molecule has 1 fully saturated rings. The largest absolute Gasteiger partial charge is 0.327 e. The van der Waals surface area contributed by atoms with E-state index in [0.717, 1.165) is 37.8 Å². The number of benzene rings is 1. The van der Waals surface area contributed by atoms with Gasteiger partial charge in [0.25, 0.3) is 0 Å². The smallest absolute Gasteiger partial charge is 0.229 e. The van der Waals surface area contributed by atoms with Gasteiger partial charge in [-0.1, -0.05) is 35.2 Å². The van der Waals surface area contributed by atoms with Crippen LogP contribution in [0.2, 0.25) is 0 Å². The molecule has 2 atom stereocenters. The maximum atomic E-state index is 13.7. The molecule has 1 aromatic rings. The fraction of sp³-hybridized carbons (Fsp3) is 0.500. The minimum atomic E-state index is -0.799. The van der Waals surface area contributed by atoms with E-state index in [1.807, 2.05) is 0 Å². The van der Waals surface area contributed by atoms with Gasteiger partial charge in [0.1, 0.15) is 5.69 Å². The van der Waals surface area contributed by atoms with Gasteiger partial charge in [0, 0.05) is 10.5 Å². The Labute approximate surface area is 125 Å². The SMILES string of the molecule is NC1CCCCCC1C(=O)Nc1c(F)cc(Br)cc1F. The normalized spacial score (nSPS) is 23.2. The first-order valence-electron chi connectivity index (χ1n) is 6.70. The molecule has 2 rings (SSSR count). The van der Waals surface area contributed by atoms with E-state index in [1.54, 1.807) is 0 Å². The molecular formula is C14H17BrF2N2O. The predicted molar refractivity (Wildman–Crippen MR) is 77.2 cm³/mol. The molecule has 1 aromatic carbocycles. The van der Waals surface area contributed by atoms with Crippen LogP contribution < -0.4 is 11.1 Å². The average molecular weight is 347 g/mol. The summed E-state index contributed by atoms with van der Waals surface area (Å²) in [4.78, 5) is 12.2. The van der Waals surface area contributed by atoms with Crippen molar-refractivity contribution in [3.05, 3.63) is 28.2 Å². The van der Waals surface area contributed by atoms with Crippen LogP contribution in [-0.2, 0) is 4.79 Å². The standard InChI is InChI=1S/C14H17BrF2N2O/c15-8-6-10(16)13(11(17)7-8)19-14(20)9-4-2-1-3-5-12(9)18/h6-7,9,12H,1-5,18H2,(H,19,20). The van der Waals surface area contributed by atoms with E-state index < -0.39 is 23.2 Å². The molecule has 3 nitrogen and oxygen atoms in total. The number of carbonyl (C=O) groups excluding carboxylic acids is 1. The number of rotatable bonds is 2. The van der Waals surface area contributed by atoms with Crippen LogP contribution in [0.5, 0.6) is 0 Å². The number of nitrogens with one attached hydrogen (secondary N) is 1. The summed E-state index contributed by atoms with van der Waals surface area (Å²) in [6.45, 7) is 0. The lowest BCUT2D eigenvalue weighted by Gasteiger charge is -2.20. The Morgan fingerprint density at radius 1 is 1.20 bits per heavy atom. The first-order valence-corrected chi connectivity index (χ1v) is 7.49. The zero-order valence-corrected chi connectivity index (χ0v) is 12.6. The summed E-state index contributed by atoms with van der Waals surface area (Å²) < 4.78 is 27.7. The molecule has 0 spiro atoms. The Bertz CT molecular complexity index is 487. The van der Waals surface area contributed by atoms with Crippen LogP contribution in [0.15, 0.2) is 16.6 Å². The van der Waals surface area contributed by atoms with E-state index in [-0.39, 0.29) is 16.4 Å². The molecular weight excluding hydrogens is 330 g/mol. The molecule has 20 heavy (non-hydrogen) atoms. The van der Waals surface area contributed by atoms with Crippen molar-refractivity contribution in [1.82, 2.24) is 0 Å². The second-order valence-electron chi connectivity index (χ2n) is 5.14. The summed E-state index contributed by atoms with van der Waals surface area (Å²) in [6, 6.07) is 1.98. The van der Waals surface area contributed by atoms with Crippen LogP contribution >= 0.6 is 15.9 Å². The van der Waals surface area contributed by atoms with Gasteiger partial charge in [-0.05, 0) is 25.0 Å². The van der Waals surface area contributed by atoms with Gasteiger partial charge in [0.15, 0.2) is 11.6 Å². The second kappa shape index (κ2) is 6.63. The van der Waals surface area contributed by atoms with Gasteiger partial charge in [-0.2, -0.15) is 0 Å². The second-order valence-corrected chi connectivity index (χ2v) is 6.06. The van der Waals surface area contributed by atoms with Crippen LogP contribution in [0, 0.1) is 17.6 Å². The molecule has 1 saturated carbocycles. The van der Waals surface area contributed by atoms with E-state index in [2.05, 4.69) is 21.2 Å². The minimum absolute atomic E-state index is 0.251. The molecule has 0 saturated heterocycles. The van der Waals surface area contributed by atoms with Gasteiger partial charge in [0.05, 0.1) is 5.92 Å². The topological polar surface area (TPSA) is 55.1 Å². The third-order valence-electron chi connectivity index (χ3n) is 3.66. The molecule has 3 N–H and O–H groups in total. The van der Waals surface area contributed by atoms with Gasteiger partial charge in [-0.15, -0.1) is 0 Å². The van der Waals surface area contributed by atoms with Crippen molar-refractivity contribution in [3.8, 4) is 0 Å². The molecule has 0 aromatic heterocycles. The van der Waals surface area contributed by atoms with Gasteiger partial charge < -0.3 is 11.1 Å². The molecule has 0 bridgehead atoms. The summed E-state index contributed by atoms with van der Waals surface area (Å²) in [7, 11) is 0. The van der Waals surface area contributed by atoms with E-state index in [9.17, 15) is 13.6 Å². The number of hydrogen-bond acceptors (Lipinski definition) is 2. The van der Waals surface area contributed by atoms with Crippen molar-refractivity contribution >= 4 is 27.5 Å². The lowest BCUT2D eigenvalue weighted by atomic mass is 9.94. The fourth-order valence-corrected chi connectivity index (χ4v) is 2.94. The molecule has 0 radical (unpaired) electrons. The number of halogens is 3. The number of amides is 1. The highest BCUT2D eigenvalue weighted by Crippen LogP contribution is 2.27. The van der Waals surface area contributed by atoms with Gasteiger partial charge in [0.2, 0.25) is 5.91 Å². The Kier molecular flexibility index (Phi) is 5.10. The maximum absolute atomic E-state index is 13.7. The fourth-order valence-electron chi connectivity index (χ4n) is 2.54. The van der Waals surface area contributed by atoms with Crippen molar-refractivity contribution in [1.29, 1.82) is 0 Å². The van der Waals surface area contributed by atoms with E-state index >= 15 is 0 Å². The predicted octanol–water partition coefficient (Wildman–Crippen LogP) is 3.57. The first kappa shape index (κ1) is 15.4. The van der Waals surface area contributed by atoms with Crippen molar-refractivity contribution in [2.75, 3.05) is 5.32 Å². The van der Waals surface area contributed by atoms with Crippen molar-refractivity contribution in [2.45, 2.75) is 38.1 Å². The van der Waals surface area contributed by atoms with Gasteiger partial charge >= 0.3 is 0 Å². The van der Waals surface area contributed by atoms with Crippen LogP contribution in [0.25, 0.3) is 0 Å². The number of carbonyl (C=O) groups is 1. The molecule has 1 amide bonds. The van der Waals surface area contributed by atoms with Gasteiger partial charge in [-0.25, -0.2) is 8.78 Å². The number of nitrogens with two attached hydrogens (primary N) is 1. The highest BCUT2D eigenvalue weighted by Gasteiger charge is 2.28. The minimum Gasteiger partial charge on any atom is -0.327 e. The van der Waals surface area contributed by atoms with Gasteiger partial charge in [-0.3, -0.25) is 4.79 Å². The van der Waals surface area contributed by atoms with Crippen LogP contribution in [0.3, 0.4) is 0 Å². The summed E-state index contributed by atoms with van der Waals surface area (Å²) in [5.74, 6) is -2.39. The zero-order valence-electron chi connectivity index (χ0n) is 11.0. The molecule has 6 heteroatoms. The lowest BCUT2D eigenvalue weighted by Crippen LogP contribution is -2.38. The Hall–Kier alpha value is -1.01. The van der Waals surface area contributed by atoms with Crippen LogP contribution in [0.4, 0.5) is 14.5 Å². The third kappa shape index (κ3) is 3.55. The highest BCUT2D eigenvalue weighted by atomic mass is 79.9. The molecule has 2 unspecified atom stereocenters. The highest BCUT2D eigenvalue weighted by molar-refractivity contribution is 9.10. The maximum Gasteiger partial charge on any atom is 0.229 e. The Morgan fingerprint density at radius 2 is 1.80 bits per heavy atom. The van der Waals surface area contributed by atoms with Crippen LogP contribution in [0.1, 0.15) is 32.1 Å². The Balaban J connectivity index is 2.15.